The number of benzene rings is 1. The molecule has 1 aromatic rings. The molecule has 1 saturated heterocycles. The molecular formula is C12H15NO. The molecule has 2 nitrogen and oxygen atoms in total. The molecule has 0 amide bonds. The summed E-state index contributed by atoms with van der Waals surface area (Å²) in [4.78, 5) is 2.22. The topological polar surface area (TPSA) is 23.5 Å². The van der Waals surface area contributed by atoms with Crippen molar-refractivity contribution in [1.29, 1.82) is 0 Å². The first kappa shape index (κ1) is 9.44. The minimum Gasteiger partial charge on any atom is -0.390 e. The van der Waals surface area contributed by atoms with E-state index in [0.717, 1.165) is 13.1 Å². The Balaban J connectivity index is 2.13. The SMILES string of the molecule is C=CCN1C[C@@H](O)[C@@H]1c1ccccc1. The predicted molar refractivity (Wildman–Crippen MR) is 57.0 cm³/mol. The lowest BCUT2D eigenvalue weighted by atomic mass is 9.92. The standard InChI is InChI=1S/C12H15NO/c1-2-8-13-9-11(14)12(13)10-6-4-3-5-7-10/h2-7,11-12,14H,1,8-9H2/t11-,12+/m1/s1. The van der Waals surface area contributed by atoms with Gasteiger partial charge >= 0.3 is 0 Å². The highest BCUT2D eigenvalue weighted by molar-refractivity contribution is 5.23. The largest absolute Gasteiger partial charge is 0.390 e. The van der Waals surface area contributed by atoms with Crippen LogP contribution in [-0.2, 0) is 0 Å². The Hall–Kier alpha value is -1.12. The summed E-state index contributed by atoms with van der Waals surface area (Å²) in [6, 6.07) is 10.3. The van der Waals surface area contributed by atoms with Crippen molar-refractivity contribution >= 4 is 0 Å². The Kier molecular flexibility index (Phi) is 2.66. The molecule has 0 unspecified atom stereocenters. The maximum atomic E-state index is 9.68. The van der Waals surface area contributed by atoms with E-state index in [9.17, 15) is 5.11 Å². The fraction of sp³-hybridized carbons (Fsp3) is 0.333. The highest BCUT2D eigenvalue weighted by Crippen LogP contribution is 2.32. The lowest BCUT2D eigenvalue weighted by Crippen LogP contribution is -2.53. The fourth-order valence-electron chi connectivity index (χ4n) is 2.00. The van der Waals surface area contributed by atoms with E-state index in [1.54, 1.807) is 0 Å². The summed E-state index contributed by atoms with van der Waals surface area (Å²) < 4.78 is 0. The highest BCUT2D eigenvalue weighted by Gasteiger charge is 2.37. The Morgan fingerprint density at radius 2 is 2.14 bits per heavy atom. The molecule has 0 bridgehead atoms. The van der Waals surface area contributed by atoms with Crippen LogP contribution in [0.3, 0.4) is 0 Å². The maximum absolute atomic E-state index is 9.68. The molecule has 1 aromatic carbocycles. The van der Waals surface area contributed by atoms with Crippen molar-refractivity contribution < 1.29 is 5.11 Å². The number of hydrogen-bond acceptors (Lipinski definition) is 2. The third kappa shape index (κ3) is 1.59. The van der Waals surface area contributed by atoms with Crippen LogP contribution in [0.4, 0.5) is 0 Å². The average molecular weight is 189 g/mol. The van der Waals surface area contributed by atoms with E-state index in [4.69, 9.17) is 0 Å². The normalized spacial score (nSPS) is 26.9. The minimum absolute atomic E-state index is 0.161. The van der Waals surface area contributed by atoms with E-state index < -0.39 is 0 Å². The van der Waals surface area contributed by atoms with Crippen LogP contribution in [0.25, 0.3) is 0 Å². The molecular weight excluding hydrogens is 174 g/mol. The molecule has 1 heterocycles. The first-order valence-electron chi connectivity index (χ1n) is 4.91. The molecule has 0 saturated carbocycles. The van der Waals surface area contributed by atoms with Gasteiger partial charge in [-0.15, -0.1) is 6.58 Å². The van der Waals surface area contributed by atoms with Gasteiger partial charge in [0.25, 0.3) is 0 Å². The average Bonchev–Trinajstić information content (AvgIpc) is 2.19. The maximum Gasteiger partial charge on any atom is 0.0864 e. The third-order valence-electron chi connectivity index (χ3n) is 2.68. The number of β-amino-alcohol motifs (C(OH)–C–C–N with tert-alkyl or cyclic N) is 1. The van der Waals surface area contributed by atoms with Gasteiger partial charge in [-0.3, -0.25) is 4.90 Å². The van der Waals surface area contributed by atoms with Crippen LogP contribution in [0.1, 0.15) is 11.6 Å². The van der Waals surface area contributed by atoms with Crippen LogP contribution in [-0.4, -0.2) is 29.2 Å². The van der Waals surface area contributed by atoms with E-state index in [-0.39, 0.29) is 12.1 Å². The zero-order chi connectivity index (χ0) is 9.97. The molecule has 0 aromatic heterocycles. The molecule has 0 radical (unpaired) electrons. The molecule has 1 aliphatic rings. The quantitative estimate of drug-likeness (QED) is 0.730. The minimum atomic E-state index is -0.225. The molecule has 0 aliphatic carbocycles. The van der Waals surface area contributed by atoms with E-state index in [1.165, 1.54) is 5.56 Å². The van der Waals surface area contributed by atoms with Gasteiger partial charge in [0.15, 0.2) is 0 Å². The van der Waals surface area contributed by atoms with Crippen molar-refractivity contribution in [2.75, 3.05) is 13.1 Å². The molecule has 74 valence electrons. The van der Waals surface area contributed by atoms with Crippen molar-refractivity contribution in [2.24, 2.45) is 0 Å². The zero-order valence-electron chi connectivity index (χ0n) is 8.13. The van der Waals surface area contributed by atoms with Crippen LogP contribution in [0.2, 0.25) is 0 Å². The van der Waals surface area contributed by atoms with Crippen LogP contribution in [0.5, 0.6) is 0 Å². The first-order chi connectivity index (χ1) is 6.83. The predicted octanol–water partition coefficient (Wildman–Crippen LogP) is 1.59. The van der Waals surface area contributed by atoms with Gasteiger partial charge in [0.05, 0.1) is 12.1 Å². The molecule has 0 spiro atoms. The van der Waals surface area contributed by atoms with Gasteiger partial charge in [-0.2, -0.15) is 0 Å². The summed E-state index contributed by atoms with van der Waals surface area (Å²) in [5, 5.41) is 9.68. The molecule has 2 heteroatoms. The van der Waals surface area contributed by atoms with Gasteiger partial charge < -0.3 is 5.11 Å². The van der Waals surface area contributed by atoms with E-state index >= 15 is 0 Å². The zero-order valence-corrected chi connectivity index (χ0v) is 8.13. The van der Waals surface area contributed by atoms with Gasteiger partial charge in [0.1, 0.15) is 0 Å². The summed E-state index contributed by atoms with van der Waals surface area (Å²) >= 11 is 0. The van der Waals surface area contributed by atoms with Gasteiger partial charge in [-0.25, -0.2) is 0 Å². The molecule has 2 rings (SSSR count). The Morgan fingerprint density at radius 1 is 1.43 bits per heavy atom. The van der Waals surface area contributed by atoms with Gasteiger partial charge in [-0.05, 0) is 5.56 Å². The number of rotatable bonds is 3. The monoisotopic (exact) mass is 189 g/mol. The molecule has 14 heavy (non-hydrogen) atoms. The fourth-order valence-corrected chi connectivity index (χ4v) is 2.00. The summed E-state index contributed by atoms with van der Waals surface area (Å²) in [5.41, 5.74) is 1.19. The van der Waals surface area contributed by atoms with Crippen molar-refractivity contribution in [2.45, 2.75) is 12.1 Å². The molecule has 1 aliphatic heterocycles. The van der Waals surface area contributed by atoms with Gasteiger partial charge in [0, 0.05) is 13.1 Å². The van der Waals surface area contributed by atoms with Crippen molar-refractivity contribution in [1.82, 2.24) is 4.90 Å². The number of nitrogens with zero attached hydrogens (tertiary/aromatic N) is 1. The summed E-state index contributed by atoms with van der Waals surface area (Å²) in [7, 11) is 0. The summed E-state index contributed by atoms with van der Waals surface area (Å²) in [6.07, 6.45) is 1.65. The highest BCUT2D eigenvalue weighted by atomic mass is 16.3. The van der Waals surface area contributed by atoms with Gasteiger partial charge in [0.2, 0.25) is 0 Å². The van der Waals surface area contributed by atoms with Crippen LogP contribution >= 0.6 is 0 Å². The smallest absolute Gasteiger partial charge is 0.0864 e. The second-order valence-electron chi connectivity index (χ2n) is 3.67. The Bertz CT molecular complexity index is 309. The molecule has 1 fully saturated rings. The third-order valence-corrected chi connectivity index (χ3v) is 2.68. The molecule has 1 N–H and O–H groups in total. The number of aliphatic hydroxyl groups excluding tert-OH is 1. The van der Waals surface area contributed by atoms with Crippen molar-refractivity contribution in [3.05, 3.63) is 48.6 Å². The van der Waals surface area contributed by atoms with Crippen molar-refractivity contribution in [3.8, 4) is 0 Å². The van der Waals surface area contributed by atoms with E-state index in [2.05, 4.69) is 23.6 Å². The van der Waals surface area contributed by atoms with Crippen molar-refractivity contribution in [3.63, 3.8) is 0 Å². The number of likely N-dealkylation sites (tertiary alicyclic amines) is 1. The van der Waals surface area contributed by atoms with Crippen LogP contribution in [0.15, 0.2) is 43.0 Å². The van der Waals surface area contributed by atoms with Crippen LogP contribution < -0.4 is 0 Å². The second kappa shape index (κ2) is 3.95. The van der Waals surface area contributed by atoms with Crippen LogP contribution in [0, 0.1) is 0 Å². The number of hydrogen-bond donors (Lipinski definition) is 1. The second-order valence-corrected chi connectivity index (χ2v) is 3.67. The van der Waals surface area contributed by atoms with E-state index in [1.807, 2.05) is 24.3 Å². The lowest BCUT2D eigenvalue weighted by Gasteiger charge is -2.45. The Labute approximate surface area is 84.5 Å². The summed E-state index contributed by atoms with van der Waals surface area (Å²) in [5.74, 6) is 0. The van der Waals surface area contributed by atoms with E-state index in [0.29, 0.717) is 0 Å². The first-order valence-corrected chi connectivity index (χ1v) is 4.91. The number of aliphatic hydroxyl groups is 1. The lowest BCUT2D eigenvalue weighted by molar-refractivity contribution is -0.0563. The molecule has 2 atom stereocenters. The Morgan fingerprint density at radius 3 is 2.71 bits per heavy atom. The summed E-state index contributed by atoms with van der Waals surface area (Å²) in [6.45, 7) is 5.31. The van der Waals surface area contributed by atoms with Gasteiger partial charge in [-0.1, -0.05) is 36.4 Å².